The van der Waals surface area contributed by atoms with Crippen molar-refractivity contribution in [2.45, 2.75) is 19.5 Å². The number of ether oxygens (including phenoxy) is 2. The van der Waals surface area contributed by atoms with Crippen molar-refractivity contribution >= 4 is 16.9 Å². The molecular formula is C24H24N4O3. The zero-order chi connectivity index (χ0) is 21.8. The quantitative estimate of drug-likeness (QED) is 0.493. The zero-order valence-electron chi connectivity index (χ0n) is 17.7. The van der Waals surface area contributed by atoms with Crippen molar-refractivity contribution in [3.8, 4) is 11.5 Å². The molecule has 0 aliphatic carbocycles. The summed E-state index contributed by atoms with van der Waals surface area (Å²) in [4.78, 5) is 12.8. The molecule has 0 bridgehead atoms. The number of carbonyl (C=O) groups is 1. The number of carbonyl (C=O) groups excluding carboxylic acids is 1. The third-order valence-electron chi connectivity index (χ3n) is 5.22. The zero-order valence-corrected chi connectivity index (χ0v) is 17.7. The van der Waals surface area contributed by atoms with Crippen LogP contribution in [0.5, 0.6) is 11.5 Å². The van der Waals surface area contributed by atoms with Crippen LogP contribution < -0.4 is 14.8 Å². The highest BCUT2D eigenvalue weighted by Crippen LogP contribution is 2.29. The number of para-hydroxylation sites is 1. The Morgan fingerprint density at radius 2 is 1.81 bits per heavy atom. The van der Waals surface area contributed by atoms with Gasteiger partial charge in [-0.05, 0) is 55.0 Å². The maximum atomic E-state index is 12.8. The normalized spacial score (nSPS) is 11.8. The molecule has 4 rings (SSSR count). The van der Waals surface area contributed by atoms with E-state index in [0.29, 0.717) is 23.6 Å². The van der Waals surface area contributed by atoms with Gasteiger partial charge in [0, 0.05) is 11.1 Å². The highest BCUT2D eigenvalue weighted by atomic mass is 16.5. The van der Waals surface area contributed by atoms with Crippen LogP contribution in [-0.4, -0.2) is 35.1 Å². The van der Waals surface area contributed by atoms with Crippen molar-refractivity contribution in [3.63, 3.8) is 0 Å². The van der Waals surface area contributed by atoms with Gasteiger partial charge in [-0.3, -0.25) is 4.79 Å². The molecule has 0 aliphatic heterocycles. The number of aromatic nitrogens is 3. The Kier molecular flexibility index (Phi) is 5.84. The molecular weight excluding hydrogens is 392 g/mol. The maximum Gasteiger partial charge on any atom is 0.251 e. The van der Waals surface area contributed by atoms with Crippen LogP contribution >= 0.6 is 0 Å². The minimum absolute atomic E-state index is 0.157. The van der Waals surface area contributed by atoms with Crippen LogP contribution in [0.1, 0.15) is 34.5 Å². The van der Waals surface area contributed by atoms with Crippen molar-refractivity contribution in [3.05, 3.63) is 83.4 Å². The molecule has 158 valence electrons. The first-order valence-electron chi connectivity index (χ1n) is 9.99. The predicted molar refractivity (Wildman–Crippen MR) is 118 cm³/mol. The van der Waals surface area contributed by atoms with E-state index in [1.807, 2.05) is 78.3 Å². The molecule has 0 aliphatic rings. The van der Waals surface area contributed by atoms with Gasteiger partial charge in [-0.25, -0.2) is 4.68 Å². The highest BCUT2D eigenvalue weighted by Gasteiger charge is 2.16. The molecule has 0 spiro atoms. The minimum Gasteiger partial charge on any atom is -0.497 e. The standard InChI is InChI=1S/C24H24N4O3/c1-16(20-14-19(30-2)12-13-23(20)31-3)25-24(29)18-10-8-17(9-11-18)15-28-22-7-5-4-6-21(22)26-27-28/h4-14,16H,15H2,1-3H3,(H,25,29)/t16-/m0/s1. The van der Waals surface area contributed by atoms with Gasteiger partial charge in [0.05, 0.1) is 32.3 Å². The molecule has 0 unspecified atom stereocenters. The topological polar surface area (TPSA) is 78.3 Å². The summed E-state index contributed by atoms with van der Waals surface area (Å²) in [6, 6.07) is 20.6. The van der Waals surface area contributed by atoms with Gasteiger partial charge in [-0.1, -0.05) is 29.5 Å². The predicted octanol–water partition coefficient (Wildman–Crippen LogP) is 3.99. The molecule has 3 aromatic carbocycles. The summed E-state index contributed by atoms with van der Waals surface area (Å²) in [6.07, 6.45) is 0. The molecule has 0 saturated heterocycles. The van der Waals surface area contributed by atoms with Crippen molar-refractivity contribution in [1.82, 2.24) is 20.3 Å². The summed E-state index contributed by atoms with van der Waals surface area (Å²) in [6.45, 7) is 2.50. The second-order valence-corrected chi connectivity index (χ2v) is 7.24. The SMILES string of the molecule is COc1ccc(OC)c([C@H](C)NC(=O)c2ccc(Cn3nnc4ccccc43)cc2)c1. The van der Waals surface area contributed by atoms with Gasteiger partial charge < -0.3 is 14.8 Å². The Bertz CT molecular complexity index is 1200. The lowest BCUT2D eigenvalue weighted by Gasteiger charge is -2.18. The van der Waals surface area contributed by atoms with E-state index in [9.17, 15) is 4.79 Å². The van der Waals surface area contributed by atoms with Crippen molar-refractivity contribution in [1.29, 1.82) is 0 Å². The number of nitrogens with zero attached hydrogens (tertiary/aromatic N) is 3. The van der Waals surface area contributed by atoms with Gasteiger partial charge in [0.2, 0.25) is 0 Å². The maximum absolute atomic E-state index is 12.8. The van der Waals surface area contributed by atoms with Gasteiger partial charge >= 0.3 is 0 Å². The van der Waals surface area contributed by atoms with Crippen LogP contribution in [0.4, 0.5) is 0 Å². The molecule has 1 atom stereocenters. The summed E-state index contributed by atoms with van der Waals surface area (Å²) in [5.74, 6) is 1.25. The molecule has 1 amide bonds. The lowest BCUT2D eigenvalue weighted by molar-refractivity contribution is 0.0939. The number of fused-ring (bicyclic) bond motifs is 1. The van der Waals surface area contributed by atoms with E-state index in [1.54, 1.807) is 14.2 Å². The van der Waals surface area contributed by atoms with Crippen LogP contribution in [0, 0.1) is 0 Å². The van der Waals surface area contributed by atoms with Gasteiger partial charge in [0.1, 0.15) is 17.0 Å². The van der Waals surface area contributed by atoms with Crippen LogP contribution in [0.3, 0.4) is 0 Å². The average Bonchev–Trinajstić information content (AvgIpc) is 3.21. The van der Waals surface area contributed by atoms with Gasteiger partial charge in [-0.2, -0.15) is 0 Å². The number of rotatable bonds is 7. The molecule has 1 aromatic heterocycles. The average molecular weight is 416 g/mol. The number of amides is 1. The Morgan fingerprint density at radius 1 is 1.03 bits per heavy atom. The van der Waals surface area contributed by atoms with Crippen LogP contribution in [0.15, 0.2) is 66.7 Å². The Balaban J connectivity index is 1.46. The van der Waals surface area contributed by atoms with E-state index in [0.717, 1.165) is 22.2 Å². The summed E-state index contributed by atoms with van der Waals surface area (Å²) < 4.78 is 12.6. The van der Waals surface area contributed by atoms with E-state index < -0.39 is 0 Å². The van der Waals surface area contributed by atoms with E-state index in [2.05, 4.69) is 15.6 Å². The summed E-state index contributed by atoms with van der Waals surface area (Å²) >= 11 is 0. The minimum atomic E-state index is -0.251. The fraction of sp³-hybridized carbons (Fsp3) is 0.208. The van der Waals surface area contributed by atoms with Gasteiger partial charge in [0.25, 0.3) is 5.91 Å². The molecule has 7 nitrogen and oxygen atoms in total. The third kappa shape index (κ3) is 4.35. The largest absolute Gasteiger partial charge is 0.497 e. The molecule has 7 heteroatoms. The van der Waals surface area contributed by atoms with Crippen molar-refractivity contribution in [2.75, 3.05) is 14.2 Å². The number of methoxy groups -OCH3 is 2. The summed E-state index contributed by atoms with van der Waals surface area (Å²) in [5, 5.41) is 11.4. The second-order valence-electron chi connectivity index (χ2n) is 7.24. The van der Waals surface area contributed by atoms with Crippen molar-refractivity contribution in [2.24, 2.45) is 0 Å². The Morgan fingerprint density at radius 3 is 2.55 bits per heavy atom. The fourth-order valence-corrected chi connectivity index (χ4v) is 3.50. The molecule has 0 saturated carbocycles. The molecule has 1 heterocycles. The number of hydrogen-bond donors (Lipinski definition) is 1. The molecule has 0 radical (unpaired) electrons. The van der Waals surface area contributed by atoms with E-state index in [1.165, 1.54) is 0 Å². The smallest absolute Gasteiger partial charge is 0.251 e. The lowest BCUT2D eigenvalue weighted by atomic mass is 10.1. The lowest BCUT2D eigenvalue weighted by Crippen LogP contribution is -2.27. The molecule has 1 N–H and O–H groups in total. The first-order valence-corrected chi connectivity index (χ1v) is 9.99. The fourth-order valence-electron chi connectivity index (χ4n) is 3.50. The van der Waals surface area contributed by atoms with Crippen molar-refractivity contribution < 1.29 is 14.3 Å². The number of nitrogens with one attached hydrogen (secondary N) is 1. The first-order chi connectivity index (χ1) is 15.1. The Labute approximate surface area is 180 Å². The number of benzene rings is 3. The van der Waals surface area contributed by atoms with E-state index in [-0.39, 0.29) is 11.9 Å². The van der Waals surface area contributed by atoms with Crippen LogP contribution in [-0.2, 0) is 6.54 Å². The van der Waals surface area contributed by atoms with Gasteiger partial charge in [-0.15, -0.1) is 5.10 Å². The number of hydrogen-bond acceptors (Lipinski definition) is 5. The van der Waals surface area contributed by atoms with Crippen LogP contribution in [0.25, 0.3) is 11.0 Å². The van der Waals surface area contributed by atoms with E-state index >= 15 is 0 Å². The monoisotopic (exact) mass is 416 g/mol. The second kappa shape index (κ2) is 8.87. The molecule has 0 fully saturated rings. The van der Waals surface area contributed by atoms with Crippen LogP contribution in [0.2, 0.25) is 0 Å². The molecule has 4 aromatic rings. The molecule has 31 heavy (non-hydrogen) atoms. The Hall–Kier alpha value is -3.87. The van der Waals surface area contributed by atoms with E-state index in [4.69, 9.17) is 9.47 Å². The highest BCUT2D eigenvalue weighted by molar-refractivity contribution is 5.94. The summed E-state index contributed by atoms with van der Waals surface area (Å²) in [5.41, 5.74) is 4.31. The van der Waals surface area contributed by atoms with Gasteiger partial charge in [0.15, 0.2) is 0 Å². The third-order valence-corrected chi connectivity index (χ3v) is 5.22. The first kappa shape index (κ1) is 20.4. The summed E-state index contributed by atoms with van der Waals surface area (Å²) in [7, 11) is 3.22.